The van der Waals surface area contributed by atoms with Gasteiger partial charge in [-0.1, -0.05) is 0 Å². The highest BCUT2D eigenvalue weighted by atomic mass is 79.9. The van der Waals surface area contributed by atoms with Crippen molar-refractivity contribution in [1.82, 2.24) is 0 Å². The zero-order chi connectivity index (χ0) is 8.43. The molecule has 0 saturated carbocycles. The van der Waals surface area contributed by atoms with E-state index in [9.17, 15) is 4.79 Å². The number of furan rings is 1. The smallest absolute Gasteiger partial charge is 0.339 e. The summed E-state index contributed by atoms with van der Waals surface area (Å²) in [6.07, 6.45) is 1.21. The Hall–Kier alpha value is -0.810. The van der Waals surface area contributed by atoms with Crippen molar-refractivity contribution in [2.45, 2.75) is 5.01 Å². The molecule has 0 radical (unpaired) electrons. The molecule has 0 aliphatic heterocycles. The molecule has 0 aromatic carbocycles. The maximum absolute atomic E-state index is 10.4. The van der Waals surface area contributed by atoms with E-state index in [1.54, 1.807) is 0 Å². The highest BCUT2D eigenvalue weighted by molar-refractivity contribution is 9.09. The molecule has 4 nitrogen and oxygen atoms in total. The lowest BCUT2D eigenvalue weighted by Crippen LogP contribution is -1.99. The Morgan fingerprint density at radius 1 is 1.73 bits per heavy atom. The van der Waals surface area contributed by atoms with Crippen molar-refractivity contribution in [3.05, 3.63) is 23.7 Å². The number of carbonyl (C=O) groups is 1. The maximum atomic E-state index is 10.4. The molecule has 0 aliphatic rings. The van der Waals surface area contributed by atoms with Gasteiger partial charge in [0.05, 0.1) is 6.26 Å². The molecule has 1 aromatic heterocycles. The zero-order valence-corrected chi connectivity index (χ0v) is 6.91. The van der Waals surface area contributed by atoms with Crippen molar-refractivity contribution >= 4 is 21.9 Å². The molecule has 11 heavy (non-hydrogen) atoms. The van der Waals surface area contributed by atoms with Crippen LogP contribution >= 0.6 is 15.9 Å². The van der Waals surface area contributed by atoms with Gasteiger partial charge in [0.1, 0.15) is 5.56 Å². The minimum absolute atomic E-state index is 0.0116. The second kappa shape index (κ2) is 3.06. The number of rotatable bonds is 2. The molecule has 0 bridgehead atoms. The van der Waals surface area contributed by atoms with Gasteiger partial charge in [0.25, 0.3) is 0 Å². The van der Waals surface area contributed by atoms with Gasteiger partial charge >= 0.3 is 5.97 Å². The van der Waals surface area contributed by atoms with Gasteiger partial charge < -0.3 is 14.6 Å². The predicted molar refractivity (Wildman–Crippen MR) is 39.6 cm³/mol. The number of aromatic carboxylic acids is 1. The molecule has 60 valence electrons. The minimum Gasteiger partial charge on any atom is -0.478 e. The van der Waals surface area contributed by atoms with Crippen molar-refractivity contribution in [2.24, 2.45) is 0 Å². The average Bonchev–Trinajstić information content (AvgIpc) is 2.32. The molecule has 1 rings (SSSR count). The number of hydrogen-bond acceptors (Lipinski definition) is 3. The van der Waals surface area contributed by atoms with Crippen LogP contribution in [0.5, 0.6) is 0 Å². The largest absolute Gasteiger partial charge is 0.478 e. The van der Waals surface area contributed by atoms with Crippen LogP contribution in [0, 0.1) is 0 Å². The number of aliphatic hydroxyl groups is 1. The van der Waals surface area contributed by atoms with Gasteiger partial charge in [-0.2, -0.15) is 0 Å². The standard InChI is InChI=1S/C6H5BrO4/c7-5(8)4-3(6(9)10)1-2-11-4/h1-2,5,8H,(H,9,10). The van der Waals surface area contributed by atoms with Crippen LogP contribution in [0.25, 0.3) is 0 Å². The number of carboxylic acids is 1. The summed E-state index contributed by atoms with van der Waals surface area (Å²) in [5, 5.41) is 16.3. The van der Waals surface area contributed by atoms with Crippen LogP contribution in [-0.2, 0) is 0 Å². The Morgan fingerprint density at radius 3 is 2.73 bits per heavy atom. The van der Waals surface area contributed by atoms with Crippen molar-refractivity contribution < 1.29 is 19.4 Å². The van der Waals surface area contributed by atoms with Crippen LogP contribution in [0.2, 0.25) is 0 Å². The predicted octanol–water partition coefficient (Wildman–Crippen LogP) is 1.36. The Kier molecular flexibility index (Phi) is 2.31. The monoisotopic (exact) mass is 220 g/mol. The lowest BCUT2D eigenvalue weighted by molar-refractivity contribution is 0.0690. The molecule has 0 aliphatic carbocycles. The van der Waals surface area contributed by atoms with E-state index in [0.717, 1.165) is 0 Å². The quantitative estimate of drug-likeness (QED) is 0.739. The molecule has 1 atom stereocenters. The van der Waals surface area contributed by atoms with Crippen LogP contribution in [0.15, 0.2) is 16.7 Å². The van der Waals surface area contributed by atoms with Crippen molar-refractivity contribution in [3.63, 3.8) is 0 Å². The molecule has 2 N–H and O–H groups in total. The SMILES string of the molecule is O=C(O)c1ccoc1C(O)Br. The number of halogens is 1. The summed E-state index contributed by atoms with van der Waals surface area (Å²) < 4.78 is 4.71. The van der Waals surface area contributed by atoms with Gasteiger partial charge in [-0.05, 0) is 22.0 Å². The fourth-order valence-electron chi connectivity index (χ4n) is 0.682. The Balaban J connectivity index is 3.06. The third-order valence-electron chi connectivity index (χ3n) is 1.14. The van der Waals surface area contributed by atoms with Gasteiger partial charge in [0.2, 0.25) is 0 Å². The third-order valence-corrected chi connectivity index (χ3v) is 1.56. The van der Waals surface area contributed by atoms with E-state index in [-0.39, 0.29) is 11.3 Å². The van der Waals surface area contributed by atoms with Crippen LogP contribution in [0.3, 0.4) is 0 Å². The minimum atomic E-state index is -1.12. The lowest BCUT2D eigenvalue weighted by Gasteiger charge is -1.97. The van der Waals surface area contributed by atoms with Crippen molar-refractivity contribution in [1.29, 1.82) is 0 Å². The second-order valence-electron chi connectivity index (χ2n) is 1.84. The molecule has 1 heterocycles. The van der Waals surface area contributed by atoms with Crippen molar-refractivity contribution in [3.8, 4) is 0 Å². The van der Waals surface area contributed by atoms with E-state index in [1.165, 1.54) is 12.3 Å². The average molecular weight is 221 g/mol. The van der Waals surface area contributed by atoms with Crippen LogP contribution in [0.1, 0.15) is 21.1 Å². The number of carboxylic acid groups (broad SMARTS) is 1. The molecule has 0 amide bonds. The van der Waals surface area contributed by atoms with E-state index in [2.05, 4.69) is 15.9 Å². The summed E-state index contributed by atoms with van der Waals surface area (Å²) in [6.45, 7) is 0. The number of hydrogen-bond donors (Lipinski definition) is 2. The van der Waals surface area contributed by atoms with Crippen molar-refractivity contribution in [2.75, 3.05) is 0 Å². The summed E-state index contributed by atoms with van der Waals surface area (Å²) in [6, 6.07) is 1.28. The van der Waals surface area contributed by atoms with E-state index in [0.29, 0.717) is 0 Å². The molecule has 0 fully saturated rings. The molecule has 0 spiro atoms. The first-order chi connectivity index (χ1) is 5.13. The first-order valence-electron chi connectivity index (χ1n) is 2.75. The highest BCUT2D eigenvalue weighted by Crippen LogP contribution is 2.23. The topological polar surface area (TPSA) is 70.7 Å². The molecule has 1 unspecified atom stereocenters. The number of alkyl halides is 1. The normalized spacial score (nSPS) is 12.9. The summed E-state index contributed by atoms with van der Waals surface area (Å²) in [7, 11) is 0. The fraction of sp³-hybridized carbons (Fsp3) is 0.167. The summed E-state index contributed by atoms with van der Waals surface area (Å²) in [4.78, 5) is 10.4. The molecule has 0 saturated heterocycles. The van der Waals surface area contributed by atoms with Gasteiger partial charge in [0, 0.05) is 0 Å². The summed E-state index contributed by atoms with van der Waals surface area (Å²) in [5.41, 5.74) is -0.0330. The molecule has 1 aromatic rings. The van der Waals surface area contributed by atoms with Crippen LogP contribution in [-0.4, -0.2) is 16.2 Å². The zero-order valence-electron chi connectivity index (χ0n) is 5.32. The third kappa shape index (κ3) is 1.61. The highest BCUT2D eigenvalue weighted by Gasteiger charge is 2.17. The Bertz CT molecular complexity index is 265. The van der Waals surface area contributed by atoms with Crippen LogP contribution in [0.4, 0.5) is 0 Å². The van der Waals surface area contributed by atoms with E-state index in [4.69, 9.17) is 14.6 Å². The van der Waals surface area contributed by atoms with Gasteiger partial charge in [-0.15, -0.1) is 0 Å². The summed E-state index contributed by atoms with van der Waals surface area (Å²) >= 11 is 2.78. The van der Waals surface area contributed by atoms with Gasteiger partial charge in [-0.3, -0.25) is 0 Å². The lowest BCUT2D eigenvalue weighted by atomic mass is 10.2. The number of aliphatic hydroxyl groups excluding tert-OH is 1. The Morgan fingerprint density at radius 2 is 2.36 bits per heavy atom. The van der Waals surface area contributed by atoms with Gasteiger partial charge in [0.15, 0.2) is 10.8 Å². The maximum Gasteiger partial charge on any atom is 0.339 e. The first kappa shape index (κ1) is 8.29. The molecular formula is C6H5BrO4. The van der Waals surface area contributed by atoms with E-state index >= 15 is 0 Å². The van der Waals surface area contributed by atoms with E-state index in [1.807, 2.05) is 0 Å². The van der Waals surface area contributed by atoms with E-state index < -0.39 is 11.0 Å². The summed E-state index contributed by atoms with van der Waals surface area (Å²) in [5.74, 6) is -1.11. The van der Waals surface area contributed by atoms with Crippen LogP contribution < -0.4 is 0 Å². The first-order valence-corrected chi connectivity index (χ1v) is 3.67. The second-order valence-corrected chi connectivity index (χ2v) is 2.71. The fourth-order valence-corrected chi connectivity index (χ4v) is 1.04. The molecular weight excluding hydrogens is 216 g/mol. The van der Waals surface area contributed by atoms with Gasteiger partial charge in [-0.25, -0.2) is 4.79 Å². The molecule has 5 heteroatoms. The Labute approximate surface area is 70.6 Å².